The third-order valence-corrected chi connectivity index (χ3v) is 4.14. The van der Waals surface area contributed by atoms with Gasteiger partial charge in [-0.3, -0.25) is 4.72 Å². The molecule has 0 amide bonds. The molecule has 0 saturated heterocycles. The highest BCUT2D eigenvalue weighted by molar-refractivity contribution is 7.92. The molecule has 0 aliphatic rings. The second-order valence-electron chi connectivity index (χ2n) is 3.92. The fourth-order valence-electron chi connectivity index (χ4n) is 1.51. The Morgan fingerprint density at radius 1 is 0.857 bits per heavy atom. The van der Waals surface area contributed by atoms with Crippen LogP contribution in [0.15, 0.2) is 59.5 Å². The van der Waals surface area contributed by atoms with Crippen LogP contribution < -0.4 is 8.91 Å². The second kappa shape index (κ2) is 5.70. The summed E-state index contributed by atoms with van der Waals surface area (Å²) in [4.78, 5) is 0.0802. The van der Waals surface area contributed by atoms with Crippen molar-refractivity contribution in [1.29, 1.82) is 0 Å². The highest BCUT2D eigenvalue weighted by Gasteiger charge is 2.14. The highest BCUT2D eigenvalue weighted by atomic mass is 32.3. The molecule has 0 unspecified atom stereocenters. The topological polar surface area (TPSA) is 89.5 Å². The Bertz CT molecular complexity index is 818. The van der Waals surface area contributed by atoms with Gasteiger partial charge in [0, 0.05) is 5.69 Å². The Morgan fingerprint density at radius 3 is 1.95 bits per heavy atom. The van der Waals surface area contributed by atoms with Crippen LogP contribution in [-0.4, -0.2) is 16.8 Å². The summed E-state index contributed by atoms with van der Waals surface area (Å²) in [5.41, 5.74) is 0.183. The number of benzene rings is 2. The first-order valence-corrected chi connectivity index (χ1v) is 8.37. The van der Waals surface area contributed by atoms with Crippen LogP contribution in [0.2, 0.25) is 0 Å². The largest absolute Gasteiger partial charge is 0.488 e. The minimum atomic E-state index is -5.11. The maximum Gasteiger partial charge on any atom is 0.488 e. The lowest BCUT2D eigenvalue weighted by molar-refractivity contribution is 0.440. The molecule has 112 valence electrons. The standard InChI is InChI=1S/C12H10FNO5S2/c13-21(17,18)19-11-8-6-10(7-9-11)14-20(15,16)12-4-2-1-3-5-12/h1-9,14H. The lowest BCUT2D eigenvalue weighted by Crippen LogP contribution is -2.12. The van der Waals surface area contributed by atoms with Gasteiger partial charge < -0.3 is 4.18 Å². The molecular formula is C12H10FNO5S2. The minimum Gasteiger partial charge on any atom is -0.358 e. The van der Waals surface area contributed by atoms with Gasteiger partial charge in [-0.25, -0.2) is 8.42 Å². The van der Waals surface area contributed by atoms with Gasteiger partial charge in [-0.2, -0.15) is 8.42 Å². The van der Waals surface area contributed by atoms with Crippen LogP contribution in [0.5, 0.6) is 5.75 Å². The van der Waals surface area contributed by atoms with Crippen LogP contribution in [0, 0.1) is 0 Å². The number of hydrogen-bond donors (Lipinski definition) is 1. The molecule has 0 aliphatic carbocycles. The minimum absolute atomic E-state index is 0.0802. The molecule has 1 N–H and O–H groups in total. The Labute approximate surface area is 121 Å². The van der Waals surface area contributed by atoms with E-state index in [-0.39, 0.29) is 16.3 Å². The van der Waals surface area contributed by atoms with Crippen LogP contribution in [0.3, 0.4) is 0 Å². The van der Waals surface area contributed by atoms with E-state index in [0.717, 1.165) is 12.1 Å². The van der Waals surface area contributed by atoms with E-state index >= 15 is 0 Å². The van der Waals surface area contributed by atoms with E-state index in [1.165, 1.54) is 24.3 Å². The third-order valence-electron chi connectivity index (χ3n) is 2.36. The number of rotatable bonds is 5. The first kappa shape index (κ1) is 15.3. The van der Waals surface area contributed by atoms with Crippen molar-refractivity contribution < 1.29 is 24.9 Å². The van der Waals surface area contributed by atoms with Gasteiger partial charge in [0.25, 0.3) is 10.0 Å². The Hall–Kier alpha value is -2.13. The first-order chi connectivity index (χ1) is 9.76. The van der Waals surface area contributed by atoms with Crippen LogP contribution in [0.1, 0.15) is 0 Å². The molecule has 0 spiro atoms. The molecule has 2 aromatic rings. The monoisotopic (exact) mass is 331 g/mol. The number of nitrogens with one attached hydrogen (secondary N) is 1. The molecule has 9 heteroatoms. The molecule has 0 heterocycles. The van der Waals surface area contributed by atoms with Gasteiger partial charge >= 0.3 is 10.5 Å². The predicted molar refractivity (Wildman–Crippen MR) is 74.3 cm³/mol. The smallest absolute Gasteiger partial charge is 0.358 e. The van der Waals surface area contributed by atoms with Gasteiger partial charge in [0.2, 0.25) is 0 Å². The Morgan fingerprint density at radius 2 is 1.43 bits per heavy atom. The summed E-state index contributed by atoms with van der Waals surface area (Å²) in [5, 5.41) is 0. The normalized spacial score (nSPS) is 11.9. The maximum absolute atomic E-state index is 12.3. The van der Waals surface area contributed by atoms with Crippen molar-refractivity contribution in [1.82, 2.24) is 0 Å². The van der Waals surface area contributed by atoms with E-state index in [1.807, 2.05) is 0 Å². The van der Waals surface area contributed by atoms with Gasteiger partial charge in [0.05, 0.1) is 4.90 Å². The quantitative estimate of drug-likeness (QED) is 0.847. The molecule has 0 atom stereocenters. The van der Waals surface area contributed by atoms with Crippen molar-refractivity contribution in [2.24, 2.45) is 0 Å². The molecule has 0 bridgehead atoms. The van der Waals surface area contributed by atoms with Gasteiger partial charge in [0.15, 0.2) is 0 Å². The average Bonchev–Trinajstić information content (AvgIpc) is 2.40. The van der Waals surface area contributed by atoms with E-state index in [4.69, 9.17) is 0 Å². The van der Waals surface area contributed by atoms with E-state index in [9.17, 15) is 20.7 Å². The van der Waals surface area contributed by atoms with Gasteiger partial charge in [-0.05, 0) is 36.4 Å². The zero-order valence-corrected chi connectivity index (χ0v) is 12.1. The SMILES string of the molecule is O=S(=O)(F)Oc1ccc(NS(=O)(=O)c2ccccc2)cc1. The molecule has 0 saturated carbocycles. The van der Waals surface area contributed by atoms with E-state index < -0.39 is 20.5 Å². The average molecular weight is 331 g/mol. The summed E-state index contributed by atoms with van der Waals surface area (Å²) in [6.07, 6.45) is 0. The van der Waals surface area contributed by atoms with E-state index in [2.05, 4.69) is 8.91 Å². The maximum atomic E-state index is 12.3. The lowest BCUT2D eigenvalue weighted by atomic mass is 10.3. The van der Waals surface area contributed by atoms with Crippen molar-refractivity contribution in [3.8, 4) is 5.75 Å². The second-order valence-corrected chi connectivity index (χ2v) is 6.55. The fourth-order valence-corrected chi connectivity index (χ4v) is 2.93. The Balaban J connectivity index is 2.17. The predicted octanol–water partition coefficient (Wildman–Crippen LogP) is 2.08. The molecule has 0 aliphatic heterocycles. The summed E-state index contributed by atoms with van der Waals surface area (Å²) >= 11 is 0. The number of anilines is 1. The summed E-state index contributed by atoms with van der Waals surface area (Å²) in [7, 11) is -8.85. The molecule has 0 fully saturated rings. The Kier molecular flexibility index (Phi) is 4.14. The summed E-state index contributed by atoms with van der Waals surface area (Å²) in [6, 6.07) is 12.4. The molecule has 0 aromatic heterocycles. The van der Waals surface area contributed by atoms with Crippen LogP contribution in [0.4, 0.5) is 9.57 Å². The van der Waals surface area contributed by atoms with Gasteiger partial charge in [0.1, 0.15) is 5.75 Å². The molecule has 21 heavy (non-hydrogen) atoms. The summed E-state index contributed by atoms with van der Waals surface area (Å²) < 4.78 is 63.2. The van der Waals surface area contributed by atoms with Crippen molar-refractivity contribution in [3.05, 3.63) is 54.6 Å². The molecule has 6 nitrogen and oxygen atoms in total. The lowest BCUT2D eigenvalue weighted by Gasteiger charge is -2.08. The van der Waals surface area contributed by atoms with Gasteiger partial charge in [-0.1, -0.05) is 22.1 Å². The third kappa shape index (κ3) is 4.43. The number of halogens is 1. The molecule has 2 rings (SSSR count). The zero-order chi connectivity index (χ0) is 15.5. The molecule has 0 radical (unpaired) electrons. The van der Waals surface area contributed by atoms with Crippen molar-refractivity contribution >= 4 is 26.2 Å². The number of sulfonamides is 1. The van der Waals surface area contributed by atoms with Crippen LogP contribution >= 0.6 is 0 Å². The van der Waals surface area contributed by atoms with Gasteiger partial charge in [-0.15, -0.1) is 0 Å². The zero-order valence-electron chi connectivity index (χ0n) is 10.4. The highest BCUT2D eigenvalue weighted by Crippen LogP contribution is 2.20. The van der Waals surface area contributed by atoms with E-state index in [1.54, 1.807) is 18.2 Å². The van der Waals surface area contributed by atoms with Crippen molar-refractivity contribution in [2.75, 3.05) is 4.72 Å². The van der Waals surface area contributed by atoms with Crippen molar-refractivity contribution in [2.45, 2.75) is 4.90 Å². The molecule has 2 aromatic carbocycles. The number of hydrogen-bond acceptors (Lipinski definition) is 5. The summed E-state index contributed by atoms with van der Waals surface area (Å²) in [5.74, 6) is -0.264. The van der Waals surface area contributed by atoms with E-state index in [0.29, 0.717) is 0 Å². The van der Waals surface area contributed by atoms with Crippen molar-refractivity contribution in [3.63, 3.8) is 0 Å². The van der Waals surface area contributed by atoms with Crippen LogP contribution in [-0.2, 0) is 20.5 Å². The fraction of sp³-hybridized carbons (Fsp3) is 0. The first-order valence-electron chi connectivity index (χ1n) is 5.58. The molecular weight excluding hydrogens is 321 g/mol. The summed E-state index contributed by atoms with van der Waals surface area (Å²) in [6.45, 7) is 0. The van der Waals surface area contributed by atoms with Crippen LogP contribution in [0.25, 0.3) is 0 Å².